The molecule has 0 fully saturated rings. The highest BCUT2D eigenvalue weighted by molar-refractivity contribution is 5.94. The number of carbonyl (C=O) groups is 1. The van der Waals surface area contributed by atoms with Crippen LogP contribution in [0.1, 0.15) is 43.9 Å². The predicted molar refractivity (Wildman–Crippen MR) is 112 cm³/mol. The Morgan fingerprint density at radius 2 is 1.67 bits per heavy atom. The topological polar surface area (TPSA) is 41.6 Å². The summed E-state index contributed by atoms with van der Waals surface area (Å²) in [5.74, 6) is 0.613. The molecule has 0 aliphatic carbocycles. The van der Waals surface area contributed by atoms with E-state index in [0.29, 0.717) is 6.42 Å². The third kappa shape index (κ3) is 6.10. The number of hydrogen-bond acceptors (Lipinski definition) is 3. The molecule has 146 valence electrons. The number of ether oxygens (including phenoxy) is 1. The zero-order chi connectivity index (χ0) is 19.8. The average molecular weight is 369 g/mol. The lowest BCUT2D eigenvalue weighted by molar-refractivity contribution is -0.122. The molecule has 2 aromatic carbocycles. The van der Waals surface area contributed by atoms with Crippen molar-refractivity contribution in [2.45, 2.75) is 53.7 Å². The number of benzene rings is 2. The minimum Gasteiger partial charge on any atom is -0.481 e. The van der Waals surface area contributed by atoms with E-state index >= 15 is 0 Å². The molecule has 0 aliphatic rings. The molecule has 1 amide bonds. The summed E-state index contributed by atoms with van der Waals surface area (Å²) in [6.45, 7) is 13.4. The van der Waals surface area contributed by atoms with Gasteiger partial charge in [-0.2, -0.15) is 0 Å². The van der Waals surface area contributed by atoms with Crippen molar-refractivity contribution in [3.05, 3.63) is 59.2 Å². The van der Waals surface area contributed by atoms with Gasteiger partial charge in [-0.1, -0.05) is 39.0 Å². The summed E-state index contributed by atoms with van der Waals surface area (Å²) >= 11 is 0. The fourth-order valence-electron chi connectivity index (χ4n) is 2.90. The minimum absolute atomic E-state index is 0.118. The number of hydrogen-bond donors (Lipinski definition) is 1. The Kier molecular flexibility index (Phi) is 7.86. The van der Waals surface area contributed by atoms with Crippen molar-refractivity contribution in [3.8, 4) is 5.75 Å². The summed E-state index contributed by atoms with van der Waals surface area (Å²) in [6, 6.07) is 14.0. The van der Waals surface area contributed by atoms with Gasteiger partial charge < -0.3 is 10.1 Å². The van der Waals surface area contributed by atoms with E-state index in [1.807, 2.05) is 44.2 Å². The molecule has 0 saturated heterocycles. The number of anilines is 1. The predicted octanol–water partition coefficient (Wildman–Crippen LogP) is 4.94. The highest BCUT2D eigenvalue weighted by Crippen LogP contribution is 2.19. The van der Waals surface area contributed by atoms with Crippen LogP contribution in [-0.2, 0) is 11.3 Å². The third-order valence-corrected chi connectivity index (χ3v) is 4.94. The van der Waals surface area contributed by atoms with Crippen LogP contribution >= 0.6 is 0 Å². The lowest BCUT2D eigenvalue weighted by atomic mass is 10.1. The van der Waals surface area contributed by atoms with Crippen LogP contribution in [0.5, 0.6) is 5.75 Å². The molecular formula is C23H32N2O2. The van der Waals surface area contributed by atoms with Crippen molar-refractivity contribution in [2.24, 2.45) is 0 Å². The van der Waals surface area contributed by atoms with Crippen molar-refractivity contribution in [2.75, 3.05) is 18.4 Å². The third-order valence-electron chi connectivity index (χ3n) is 4.94. The second-order valence-electron chi connectivity index (χ2n) is 6.91. The first kappa shape index (κ1) is 21.0. The molecule has 0 spiro atoms. The molecular weight excluding hydrogens is 336 g/mol. The first-order valence-electron chi connectivity index (χ1n) is 9.82. The van der Waals surface area contributed by atoms with Crippen LogP contribution < -0.4 is 10.1 Å². The zero-order valence-electron chi connectivity index (χ0n) is 17.2. The Hall–Kier alpha value is -2.33. The molecule has 0 heterocycles. The molecule has 4 heteroatoms. The number of rotatable bonds is 9. The molecule has 27 heavy (non-hydrogen) atoms. The van der Waals surface area contributed by atoms with Gasteiger partial charge in [0.05, 0.1) is 0 Å². The van der Waals surface area contributed by atoms with Crippen LogP contribution in [0.4, 0.5) is 5.69 Å². The Bertz CT molecular complexity index is 737. The highest BCUT2D eigenvalue weighted by atomic mass is 16.5. The molecule has 0 saturated carbocycles. The van der Waals surface area contributed by atoms with Gasteiger partial charge in [0, 0.05) is 12.2 Å². The van der Waals surface area contributed by atoms with Crippen LogP contribution in [0.2, 0.25) is 0 Å². The second kappa shape index (κ2) is 10.1. The Morgan fingerprint density at radius 3 is 2.22 bits per heavy atom. The summed E-state index contributed by atoms with van der Waals surface area (Å²) < 4.78 is 5.92. The summed E-state index contributed by atoms with van der Waals surface area (Å²) in [5.41, 5.74) is 4.41. The van der Waals surface area contributed by atoms with Crippen molar-refractivity contribution >= 4 is 11.6 Å². The molecule has 0 bridgehead atoms. The number of aryl methyl sites for hydroxylation is 2. The summed E-state index contributed by atoms with van der Waals surface area (Å²) in [4.78, 5) is 15.0. The molecule has 2 aromatic rings. The first-order chi connectivity index (χ1) is 13.0. The molecule has 0 aromatic heterocycles. The standard InChI is InChI=1S/C23H32N2O2/c1-6-22(27-21-14-9-17(4)18(5)15-21)23(26)24-20-12-10-19(11-13-20)16-25(7-2)8-3/h9-15,22H,6-8,16H2,1-5H3,(H,24,26)/t22-/m0/s1. The van der Waals surface area contributed by atoms with Gasteiger partial charge in [0.1, 0.15) is 5.75 Å². The van der Waals surface area contributed by atoms with E-state index in [-0.39, 0.29) is 5.91 Å². The average Bonchev–Trinajstić information content (AvgIpc) is 2.68. The van der Waals surface area contributed by atoms with Gasteiger partial charge in [-0.15, -0.1) is 0 Å². The van der Waals surface area contributed by atoms with E-state index < -0.39 is 6.10 Å². The number of nitrogens with zero attached hydrogens (tertiary/aromatic N) is 1. The lowest BCUT2D eigenvalue weighted by Crippen LogP contribution is -2.32. The number of carbonyl (C=O) groups excluding carboxylic acids is 1. The summed E-state index contributed by atoms with van der Waals surface area (Å²) in [7, 11) is 0. The van der Waals surface area contributed by atoms with Gasteiger partial charge in [-0.3, -0.25) is 9.69 Å². The van der Waals surface area contributed by atoms with Crippen LogP contribution in [0, 0.1) is 13.8 Å². The van der Waals surface area contributed by atoms with Gasteiger partial charge in [0.15, 0.2) is 6.10 Å². The van der Waals surface area contributed by atoms with Gasteiger partial charge in [0.2, 0.25) is 0 Å². The number of amides is 1. The fourth-order valence-corrected chi connectivity index (χ4v) is 2.90. The van der Waals surface area contributed by atoms with Crippen molar-refractivity contribution in [3.63, 3.8) is 0 Å². The largest absolute Gasteiger partial charge is 0.481 e. The molecule has 0 radical (unpaired) electrons. The van der Waals surface area contributed by atoms with Crippen LogP contribution in [0.15, 0.2) is 42.5 Å². The van der Waals surface area contributed by atoms with Crippen molar-refractivity contribution in [1.82, 2.24) is 4.90 Å². The number of nitrogens with one attached hydrogen (secondary N) is 1. The van der Waals surface area contributed by atoms with Crippen molar-refractivity contribution < 1.29 is 9.53 Å². The maximum absolute atomic E-state index is 12.6. The van der Waals surface area contributed by atoms with E-state index in [2.05, 4.69) is 43.1 Å². The Morgan fingerprint density at radius 1 is 1.00 bits per heavy atom. The molecule has 2 rings (SSSR count). The molecule has 1 N–H and O–H groups in total. The fraction of sp³-hybridized carbons (Fsp3) is 0.435. The zero-order valence-corrected chi connectivity index (χ0v) is 17.2. The van der Waals surface area contributed by atoms with Crippen LogP contribution in [0.25, 0.3) is 0 Å². The Balaban J connectivity index is 1.98. The van der Waals surface area contributed by atoms with Crippen LogP contribution in [0.3, 0.4) is 0 Å². The highest BCUT2D eigenvalue weighted by Gasteiger charge is 2.18. The Labute approximate surface area is 163 Å². The van der Waals surface area contributed by atoms with E-state index in [4.69, 9.17) is 4.74 Å². The normalized spacial score (nSPS) is 12.1. The monoisotopic (exact) mass is 368 g/mol. The molecule has 0 aliphatic heterocycles. The quantitative estimate of drug-likeness (QED) is 0.681. The van der Waals surface area contributed by atoms with Gasteiger partial charge in [-0.05, 0) is 74.3 Å². The van der Waals surface area contributed by atoms with E-state index in [9.17, 15) is 4.79 Å². The van der Waals surface area contributed by atoms with Gasteiger partial charge in [0.25, 0.3) is 5.91 Å². The van der Waals surface area contributed by atoms with E-state index in [1.165, 1.54) is 11.1 Å². The summed E-state index contributed by atoms with van der Waals surface area (Å²) in [6.07, 6.45) is 0.0983. The van der Waals surface area contributed by atoms with E-state index in [0.717, 1.165) is 36.6 Å². The van der Waals surface area contributed by atoms with Gasteiger partial charge in [-0.25, -0.2) is 0 Å². The molecule has 4 nitrogen and oxygen atoms in total. The maximum atomic E-state index is 12.6. The smallest absolute Gasteiger partial charge is 0.265 e. The first-order valence-corrected chi connectivity index (χ1v) is 9.82. The lowest BCUT2D eigenvalue weighted by Gasteiger charge is -2.19. The van der Waals surface area contributed by atoms with Crippen LogP contribution in [-0.4, -0.2) is 30.0 Å². The van der Waals surface area contributed by atoms with Crippen molar-refractivity contribution in [1.29, 1.82) is 0 Å². The molecule has 1 atom stereocenters. The minimum atomic E-state index is -0.512. The maximum Gasteiger partial charge on any atom is 0.265 e. The molecule has 0 unspecified atom stereocenters. The summed E-state index contributed by atoms with van der Waals surface area (Å²) in [5, 5.41) is 2.97. The second-order valence-corrected chi connectivity index (χ2v) is 6.91. The SMILES string of the molecule is CC[C@H](Oc1ccc(C)c(C)c1)C(=O)Nc1ccc(CN(CC)CC)cc1. The van der Waals surface area contributed by atoms with Gasteiger partial charge >= 0.3 is 0 Å². The van der Waals surface area contributed by atoms with E-state index in [1.54, 1.807) is 0 Å².